The van der Waals surface area contributed by atoms with Crippen LogP contribution in [0.2, 0.25) is 0 Å². The monoisotopic (exact) mass is 415 g/mol. The molecule has 6 heteroatoms. The van der Waals surface area contributed by atoms with Crippen molar-refractivity contribution in [3.8, 4) is 0 Å². The van der Waals surface area contributed by atoms with Gasteiger partial charge in [-0.05, 0) is 43.2 Å². The summed E-state index contributed by atoms with van der Waals surface area (Å²) in [6.45, 7) is 4.13. The van der Waals surface area contributed by atoms with Crippen LogP contribution < -0.4 is 30.1 Å². The average molecular weight is 416 g/mol. The van der Waals surface area contributed by atoms with Crippen LogP contribution in [0.4, 0.5) is 11.4 Å². The summed E-state index contributed by atoms with van der Waals surface area (Å²) in [6, 6.07) is 16.2. The van der Waals surface area contributed by atoms with E-state index in [1.54, 1.807) is 0 Å². The molecule has 0 atom stereocenters. The van der Waals surface area contributed by atoms with Crippen LogP contribution in [-0.2, 0) is 17.1 Å². The molecule has 0 radical (unpaired) electrons. The van der Waals surface area contributed by atoms with Gasteiger partial charge in [0.05, 0.1) is 11.4 Å². The average Bonchev–Trinajstić information content (AvgIpc) is 2.52. The number of nitrogens with zero attached hydrogens (tertiary/aromatic N) is 2. The molecule has 3 nitrogen and oxygen atoms in total. The van der Waals surface area contributed by atoms with Gasteiger partial charge in [-0.3, -0.25) is 0 Å². The summed E-state index contributed by atoms with van der Waals surface area (Å²) in [7, 11) is 0. The van der Waals surface area contributed by atoms with Crippen LogP contribution in [0.15, 0.2) is 70.7 Å². The second-order valence-corrected chi connectivity index (χ2v) is 5.36. The van der Waals surface area contributed by atoms with Crippen molar-refractivity contribution in [2.45, 2.75) is 20.3 Å². The zero-order chi connectivity index (χ0) is 15.4. The second kappa shape index (κ2) is 11.1. The first-order valence-electron chi connectivity index (χ1n) is 7.43. The van der Waals surface area contributed by atoms with Gasteiger partial charge in [-0.25, -0.2) is 9.98 Å². The van der Waals surface area contributed by atoms with Crippen molar-refractivity contribution in [2.75, 3.05) is 0 Å². The van der Waals surface area contributed by atoms with E-state index in [-0.39, 0.29) is 41.9 Å². The minimum Gasteiger partial charge on any atom is -1.00 e. The first-order chi connectivity index (χ1) is 10.7. The van der Waals surface area contributed by atoms with E-state index >= 15 is 0 Å². The third kappa shape index (κ3) is 6.33. The summed E-state index contributed by atoms with van der Waals surface area (Å²) in [4.78, 5) is 9.38. The van der Waals surface area contributed by atoms with Crippen LogP contribution in [0.3, 0.4) is 0 Å². The topological polar surface area (TPSA) is 36.8 Å². The number of para-hydroxylation sites is 2. The first kappa shape index (κ1) is 23.4. The summed E-state index contributed by atoms with van der Waals surface area (Å²) in [5, 5.41) is 3.32. The molecule has 0 saturated carbocycles. The molecule has 2 aromatic carbocycles. The maximum Gasteiger partial charge on any atom is 2.00 e. The van der Waals surface area contributed by atoms with Gasteiger partial charge < -0.3 is 30.1 Å². The van der Waals surface area contributed by atoms with E-state index < -0.39 is 0 Å². The summed E-state index contributed by atoms with van der Waals surface area (Å²) < 4.78 is 0. The zero-order valence-corrected chi connectivity index (χ0v) is 16.6. The van der Waals surface area contributed by atoms with Crippen molar-refractivity contribution in [2.24, 2.45) is 9.98 Å². The zero-order valence-electron chi connectivity index (χ0n) is 14.0. The fourth-order valence-corrected chi connectivity index (χ4v) is 2.31. The van der Waals surface area contributed by atoms with E-state index in [2.05, 4.69) is 42.4 Å². The van der Waals surface area contributed by atoms with E-state index in [4.69, 9.17) is 4.99 Å². The fraction of sp³-hybridized carbons (Fsp3) is 0.158. The summed E-state index contributed by atoms with van der Waals surface area (Å²) in [5.41, 5.74) is 4.30. The minimum atomic E-state index is 0. The molecule has 1 heterocycles. The molecule has 132 valence electrons. The normalized spacial score (nSPS) is 15.6. The van der Waals surface area contributed by atoms with Gasteiger partial charge in [-0.15, -0.1) is 0 Å². The second-order valence-electron chi connectivity index (χ2n) is 5.36. The van der Waals surface area contributed by atoms with Crippen LogP contribution in [0.5, 0.6) is 0 Å². The van der Waals surface area contributed by atoms with Gasteiger partial charge in [-0.1, -0.05) is 42.5 Å². The number of nitrogens with one attached hydrogen (secondary N) is 1. The van der Waals surface area contributed by atoms with Gasteiger partial charge in [0.15, 0.2) is 0 Å². The Hall–Kier alpha value is -1.58. The minimum absolute atomic E-state index is 0. The van der Waals surface area contributed by atoms with Gasteiger partial charge in [0.1, 0.15) is 11.7 Å². The van der Waals surface area contributed by atoms with E-state index in [1.165, 1.54) is 5.56 Å². The van der Waals surface area contributed by atoms with Crippen LogP contribution in [-0.4, -0.2) is 11.7 Å². The summed E-state index contributed by atoms with van der Waals surface area (Å²) in [5.74, 6) is 1.75. The molecule has 3 rings (SSSR count). The van der Waals surface area contributed by atoms with Crippen molar-refractivity contribution in [3.05, 3.63) is 71.8 Å². The Balaban J connectivity index is 0.00000192. The van der Waals surface area contributed by atoms with E-state index in [9.17, 15) is 0 Å². The van der Waals surface area contributed by atoms with Crippen molar-refractivity contribution in [1.82, 2.24) is 5.32 Å². The first-order valence-corrected chi connectivity index (χ1v) is 7.43. The Morgan fingerprint density at radius 1 is 0.800 bits per heavy atom. The third-order valence-electron chi connectivity index (χ3n) is 3.59. The maximum absolute atomic E-state index is 4.71. The SMILES string of the molecule is Cc1ccccc1N=C1C=CCC(=Nc2ccccc2C)N1.[Cl-].[Cl-].[Fe+2]. The largest absolute Gasteiger partial charge is 2.00 e. The van der Waals surface area contributed by atoms with Crippen molar-refractivity contribution in [3.63, 3.8) is 0 Å². The number of aliphatic imine (C=N–C) groups is 2. The Bertz CT molecular complexity index is 786. The van der Waals surface area contributed by atoms with Gasteiger partial charge in [0, 0.05) is 6.42 Å². The smallest absolute Gasteiger partial charge is 1.00 e. The molecular weight excluding hydrogens is 397 g/mol. The quantitative estimate of drug-likeness (QED) is 0.603. The predicted octanol–water partition coefficient (Wildman–Crippen LogP) is -1.38. The molecule has 0 fully saturated rings. The van der Waals surface area contributed by atoms with Crippen LogP contribution >= 0.6 is 0 Å². The Morgan fingerprint density at radius 3 is 1.88 bits per heavy atom. The number of rotatable bonds is 2. The van der Waals surface area contributed by atoms with E-state index in [0.717, 1.165) is 35.0 Å². The molecule has 2 aromatic rings. The molecule has 0 aromatic heterocycles. The Kier molecular flexibility index (Phi) is 10.4. The van der Waals surface area contributed by atoms with Gasteiger partial charge in [-0.2, -0.15) is 0 Å². The van der Waals surface area contributed by atoms with Crippen LogP contribution in [0.25, 0.3) is 0 Å². The maximum atomic E-state index is 4.71. The number of hydrogen-bond donors (Lipinski definition) is 1. The van der Waals surface area contributed by atoms with E-state index in [0.29, 0.717) is 0 Å². The molecule has 1 aliphatic heterocycles. The number of amidine groups is 2. The molecule has 1 aliphatic rings. The predicted molar refractivity (Wildman–Crippen MR) is 93.4 cm³/mol. The number of hydrogen-bond acceptors (Lipinski definition) is 2. The van der Waals surface area contributed by atoms with E-state index in [1.807, 2.05) is 42.5 Å². The van der Waals surface area contributed by atoms with Crippen molar-refractivity contribution >= 4 is 23.0 Å². The fourth-order valence-electron chi connectivity index (χ4n) is 2.31. The van der Waals surface area contributed by atoms with Gasteiger partial charge >= 0.3 is 17.1 Å². The molecule has 0 saturated heterocycles. The molecule has 0 amide bonds. The van der Waals surface area contributed by atoms with Crippen molar-refractivity contribution in [1.29, 1.82) is 0 Å². The van der Waals surface area contributed by atoms with Crippen LogP contribution in [0.1, 0.15) is 17.5 Å². The third-order valence-corrected chi connectivity index (χ3v) is 3.59. The molecule has 25 heavy (non-hydrogen) atoms. The van der Waals surface area contributed by atoms with Gasteiger partial charge in [0.2, 0.25) is 0 Å². The molecule has 0 aliphatic carbocycles. The van der Waals surface area contributed by atoms with Crippen LogP contribution in [0, 0.1) is 13.8 Å². The Morgan fingerprint density at radius 2 is 1.32 bits per heavy atom. The molecule has 0 unspecified atom stereocenters. The molecule has 0 spiro atoms. The Labute approximate surface area is 172 Å². The molecule has 1 N–H and O–H groups in total. The number of halogens is 2. The number of benzene rings is 2. The molecular formula is C19H19Cl2FeN3. The summed E-state index contributed by atoms with van der Waals surface area (Å²) in [6.07, 6.45) is 4.88. The molecule has 0 bridgehead atoms. The number of aryl methyl sites for hydroxylation is 2. The summed E-state index contributed by atoms with van der Waals surface area (Å²) >= 11 is 0. The standard InChI is InChI=1S/C19H19N3.2ClH.Fe/c1-14-8-3-5-10-16(14)20-18-12-7-13-19(22-18)21-17-11-6-4-9-15(17)2;;;/h3-12H,13H2,1-2H3,(H,20,21,22);2*1H;/q;;;+2/p-2. The van der Waals surface area contributed by atoms with Gasteiger partial charge in [0.25, 0.3) is 0 Å². The van der Waals surface area contributed by atoms with Crippen molar-refractivity contribution < 1.29 is 41.9 Å².